The number of carbonyl (C=O) groups is 1. The van der Waals surface area contributed by atoms with Crippen molar-refractivity contribution in [2.75, 3.05) is 26.7 Å². The molecule has 4 nitrogen and oxygen atoms in total. The van der Waals surface area contributed by atoms with Crippen LogP contribution < -0.4 is 10.1 Å². The van der Waals surface area contributed by atoms with E-state index in [0.29, 0.717) is 6.04 Å². The highest BCUT2D eigenvalue weighted by molar-refractivity contribution is 5.85. The Morgan fingerprint density at radius 2 is 1.95 bits per heavy atom. The second-order valence-corrected chi connectivity index (χ2v) is 5.52. The molecular formula is C16H25ClN2O2. The van der Waals surface area contributed by atoms with Crippen molar-refractivity contribution >= 4 is 18.3 Å². The van der Waals surface area contributed by atoms with Crippen LogP contribution in [0.15, 0.2) is 18.2 Å². The number of hydrogen-bond acceptors (Lipinski definition) is 3. The summed E-state index contributed by atoms with van der Waals surface area (Å²) in [7, 11) is 1.88. The standard InChI is InChI=1S/C16H24N2O2.ClH/c1-12-4-5-15(10-13(12)2)20-11-16(19)18(3)14-6-8-17-9-7-14;/h4-5,10,14,17H,6-9,11H2,1-3H3;1H. The van der Waals surface area contributed by atoms with E-state index in [1.165, 1.54) is 11.1 Å². The molecule has 1 aromatic carbocycles. The third-order valence-corrected chi connectivity index (χ3v) is 4.09. The molecule has 0 unspecified atom stereocenters. The van der Waals surface area contributed by atoms with E-state index in [4.69, 9.17) is 4.74 Å². The molecule has 1 aliphatic rings. The summed E-state index contributed by atoms with van der Waals surface area (Å²) in [5.41, 5.74) is 2.41. The molecule has 21 heavy (non-hydrogen) atoms. The lowest BCUT2D eigenvalue weighted by molar-refractivity contribution is -0.134. The first-order valence-corrected chi connectivity index (χ1v) is 7.24. The number of ether oxygens (including phenoxy) is 1. The Labute approximate surface area is 133 Å². The Balaban J connectivity index is 0.00000220. The SMILES string of the molecule is Cc1ccc(OCC(=O)N(C)C2CCNCC2)cc1C.Cl. The molecule has 0 spiro atoms. The molecule has 1 saturated heterocycles. The largest absolute Gasteiger partial charge is 0.484 e. The summed E-state index contributed by atoms with van der Waals surface area (Å²) in [5.74, 6) is 0.815. The summed E-state index contributed by atoms with van der Waals surface area (Å²) >= 11 is 0. The van der Waals surface area contributed by atoms with Gasteiger partial charge in [0.25, 0.3) is 5.91 Å². The van der Waals surface area contributed by atoms with Crippen LogP contribution in [0.3, 0.4) is 0 Å². The number of rotatable bonds is 4. The van der Waals surface area contributed by atoms with Gasteiger partial charge >= 0.3 is 0 Å². The molecule has 0 aliphatic carbocycles. The summed E-state index contributed by atoms with van der Waals surface area (Å²) < 4.78 is 5.61. The number of hydrogen-bond donors (Lipinski definition) is 1. The molecule has 1 fully saturated rings. The van der Waals surface area contributed by atoms with E-state index in [1.807, 2.05) is 37.1 Å². The van der Waals surface area contributed by atoms with Crippen molar-refractivity contribution in [3.63, 3.8) is 0 Å². The molecule has 0 atom stereocenters. The zero-order chi connectivity index (χ0) is 14.5. The summed E-state index contributed by atoms with van der Waals surface area (Å²) in [5, 5.41) is 3.31. The van der Waals surface area contributed by atoms with Gasteiger partial charge in [0.1, 0.15) is 5.75 Å². The average molecular weight is 313 g/mol. The fourth-order valence-electron chi connectivity index (χ4n) is 2.45. The minimum atomic E-state index is 0. The summed E-state index contributed by atoms with van der Waals surface area (Å²) in [6.45, 7) is 6.20. The molecule has 1 aliphatic heterocycles. The second-order valence-electron chi connectivity index (χ2n) is 5.52. The number of nitrogens with zero attached hydrogens (tertiary/aromatic N) is 1. The fourth-order valence-corrected chi connectivity index (χ4v) is 2.45. The van der Waals surface area contributed by atoms with Gasteiger partial charge in [0, 0.05) is 13.1 Å². The van der Waals surface area contributed by atoms with Gasteiger partial charge in [-0.1, -0.05) is 6.07 Å². The fraction of sp³-hybridized carbons (Fsp3) is 0.562. The molecular weight excluding hydrogens is 288 g/mol. The predicted molar refractivity (Wildman–Crippen MR) is 87.3 cm³/mol. The predicted octanol–water partition coefficient (Wildman–Crippen LogP) is 2.31. The minimum absolute atomic E-state index is 0. The number of amides is 1. The Kier molecular flexibility index (Phi) is 6.99. The summed E-state index contributed by atoms with van der Waals surface area (Å²) in [6, 6.07) is 6.26. The Morgan fingerprint density at radius 1 is 1.29 bits per heavy atom. The van der Waals surface area contributed by atoms with Crippen LogP contribution in [0.2, 0.25) is 0 Å². The molecule has 1 heterocycles. The van der Waals surface area contributed by atoms with Gasteiger partial charge in [-0.2, -0.15) is 0 Å². The minimum Gasteiger partial charge on any atom is -0.484 e. The highest BCUT2D eigenvalue weighted by Crippen LogP contribution is 2.17. The molecule has 2 rings (SSSR count). The molecule has 1 amide bonds. The Morgan fingerprint density at radius 3 is 2.57 bits per heavy atom. The number of carbonyl (C=O) groups excluding carboxylic acids is 1. The van der Waals surface area contributed by atoms with Crippen LogP contribution in [-0.2, 0) is 4.79 Å². The van der Waals surface area contributed by atoms with Crippen LogP contribution in [0.4, 0.5) is 0 Å². The normalized spacial score (nSPS) is 15.2. The first-order valence-electron chi connectivity index (χ1n) is 7.24. The second kappa shape index (κ2) is 8.25. The first kappa shape index (κ1) is 17.8. The van der Waals surface area contributed by atoms with Crippen LogP contribution in [0.1, 0.15) is 24.0 Å². The van der Waals surface area contributed by atoms with Crippen molar-refractivity contribution in [2.45, 2.75) is 32.7 Å². The lowest BCUT2D eigenvalue weighted by atomic mass is 10.1. The molecule has 0 radical (unpaired) electrons. The number of likely N-dealkylation sites (N-methyl/N-ethyl adjacent to an activating group) is 1. The number of aryl methyl sites for hydroxylation is 2. The van der Waals surface area contributed by atoms with Crippen LogP contribution in [0, 0.1) is 13.8 Å². The van der Waals surface area contributed by atoms with Gasteiger partial charge in [0.05, 0.1) is 0 Å². The molecule has 0 aromatic heterocycles. The van der Waals surface area contributed by atoms with E-state index in [2.05, 4.69) is 12.2 Å². The van der Waals surface area contributed by atoms with Crippen molar-refractivity contribution in [3.8, 4) is 5.75 Å². The third-order valence-electron chi connectivity index (χ3n) is 4.09. The first-order chi connectivity index (χ1) is 9.58. The zero-order valence-electron chi connectivity index (χ0n) is 13.0. The van der Waals surface area contributed by atoms with Crippen molar-refractivity contribution in [1.82, 2.24) is 10.2 Å². The van der Waals surface area contributed by atoms with Crippen molar-refractivity contribution in [1.29, 1.82) is 0 Å². The van der Waals surface area contributed by atoms with Crippen LogP contribution >= 0.6 is 12.4 Å². The topological polar surface area (TPSA) is 41.6 Å². The third kappa shape index (κ3) is 4.90. The number of halogens is 1. The van der Waals surface area contributed by atoms with E-state index in [9.17, 15) is 4.79 Å². The van der Waals surface area contributed by atoms with Gasteiger partial charge in [-0.3, -0.25) is 4.79 Å². The van der Waals surface area contributed by atoms with Gasteiger partial charge < -0.3 is 15.0 Å². The van der Waals surface area contributed by atoms with E-state index in [1.54, 1.807) is 0 Å². The van der Waals surface area contributed by atoms with Gasteiger partial charge in [-0.15, -0.1) is 12.4 Å². The maximum Gasteiger partial charge on any atom is 0.260 e. The van der Waals surface area contributed by atoms with Crippen molar-refractivity contribution in [3.05, 3.63) is 29.3 Å². The highest BCUT2D eigenvalue weighted by Gasteiger charge is 2.21. The number of nitrogens with one attached hydrogen (secondary N) is 1. The lowest BCUT2D eigenvalue weighted by Gasteiger charge is -2.31. The zero-order valence-corrected chi connectivity index (χ0v) is 13.8. The Hall–Kier alpha value is -1.26. The van der Waals surface area contributed by atoms with E-state index in [0.717, 1.165) is 31.7 Å². The lowest BCUT2D eigenvalue weighted by Crippen LogP contribution is -2.45. The monoisotopic (exact) mass is 312 g/mol. The average Bonchev–Trinajstić information content (AvgIpc) is 2.48. The maximum absolute atomic E-state index is 12.1. The van der Waals surface area contributed by atoms with Crippen LogP contribution in [-0.4, -0.2) is 43.6 Å². The number of benzene rings is 1. The van der Waals surface area contributed by atoms with Crippen LogP contribution in [0.5, 0.6) is 5.75 Å². The van der Waals surface area contributed by atoms with Gasteiger partial charge in [0.2, 0.25) is 0 Å². The van der Waals surface area contributed by atoms with E-state index >= 15 is 0 Å². The van der Waals surface area contributed by atoms with Gasteiger partial charge in [-0.05, 0) is 63.0 Å². The molecule has 118 valence electrons. The van der Waals surface area contributed by atoms with Crippen molar-refractivity contribution in [2.24, 2.45) is 0 Å². The Bertz CT molecular complexity index is 473. The summed E-state index contributed by atoms with van der Waals surface area (Å²) in [6.07, 6.45) is 2.04. The molecule has 0 bridgehead atoms. The highest BCUT2D eigenvalue weighted by atomic mass is 35.5. The van der Waals surface area contributed by atoms with Gasteiger partial charge in [-0.25, -0.2) is 0 Å². The van der Waals surface area contributed by atoms with Gasteiger partial charge in [0.15, 0.2) is 6.61 Å². The van der Waals surface area contributed by atoms with E-state index < -0.39 is 0 Å². The maximum atomic E-state index is 12.1. The van der Waals surface area contributed by atoms with Crippen molar-refractivity contribution < 1.29 is 9.53 Å². The quantitative estimate of drug-likeness (QED) is 0.927. The molecule has 1 N–H and O–H groups in total. The molecule has 5 heteroatoms. The molecule has 1 aromatic rings. The van der Waals surface area contributed by atoms with E-state index in [-0.39, 0.29) is 24.9 Å². The van der Waals surface area contributed by atoms with Crippen LogP contribution in [0.25, 0.3) is 0 Å². The smallest absolute Gasteiger partial charge is 0.260 e. The summed E-state index contributed by atoms with van der Waals surface area (Å²) in [4.78, 5) is 14.0. The molecule has 0 saturated carbocycles. The number of piperidine rings is 1.